The molecular formula is C12H26N2. The van der Waals surface area contributed by atoms with Gasteiger partial charge in [-0.05, 0) is 24.3 Å². The molecule has 1 heterocycles. The summed E-state index contributed by atoms with van der Waals surface area (Å²) in [5.74, 6) is 0.817. The molecule has 1 fully saturated rings. The van der Waals surface area contributed by atoms with Crippen LogP contribution in [0.3, 0.4) is 0 Å². The van der Waals surface area contributed by atoms with Crippen molar-refractivity contribution in [3.05, 3.63) is 0 Å². The lowest BCUT2D eigenvalue weighted by atomic mass is 9.80. The Morgan fingerprint density at radius 3 is 2.29 bits per heavy atom. The summed E-state index contributed by atoms with van der Waals surface area (Å²) in [5.41, 5.74) is 0.466. The predicted molar refractivity (Wildman–Crippen MR) is 62.5 cm³/mol. The molecule has 0 saturated carbocycles. The van der Waals surface area contributed by atoms with Crippen LogP contribution in [0.1, 0.15) is 34.1 Å². The van der Waals surface area contributed by atoms with Crippen LogP contribution in [-0.2, 0) is 0 Å². The summed E-state index contributed by atoms with van der Waals surface area (Å²) >= 11 is 0. The van der Waals surface area contributed by atoms with Gasteiger partial charge >= 0.3 is 0 Å². The summed E-state index contributed by atoms with van der Waals surface area (Å²) in [6.07, 6.45) is 1.34. The molecular weight excluding hydrogens is 172 g/mol. The molecule has 0 spiro atoms. The van der Waals surface area contributed by atoms with Crippen LogP contribution in [0.2, 0.25) is 0 Å². The summed E-state index contributed by atoms with van der Waals surface area (Å²) in [7, 11) is 0. The number of hydrogen-bond acceptors (Lipinski definition) is 2. The highest BCUT2D eigenvalue weighted by molar-refractivity contribution is 4.73. The highest BCUT2D eigenvalue weighted by Crippen LogP contribution is 2.27. The van der Waals surface area contributed by atoms with Gasteiger partial charge in [-0.1, -0.05) is 27.7 Å². The van der Waals surface area contributed by atoms with Gasteiger partial charge in [-0.15, -0.1) is 0 Å². The molecule has 1 unspecified atom stereocenters. The van der Waals surface area contributed by atoms with Crippen molar-refractivity contribution < 1.29 is 0 Å². The van der Waals surface area contributed by atoms with Crippen molar-refractivity contribution >= 4 is 0 Å². The Kier molecular flexibility index (Phi) is 4.39. The van der Waals surface area contributed by atoms with Gasteiger partial charge in [0.1, 0.15) is 0 Å². The fourth-order valence-electron chi connectivity index (χ4n) is 1.74. The lowest BCUT2D eigenvalue weighted by molar-refractivity contribution is 0.183. The number of rotatable bonds is 3. The van der Waals surface area contributed by atoms with Crippen LogP contribution in [0.4, 0.5) is 0 Å². The molecule has 1 saturated heterocycles. The average Bonchev–Trinajstić information content (AvgIpc) is 2.14. The maximum absolute atomic E-state index is 3.39. The van der Waals surface area contributed by atoms with Crippen molar-refractivity contribution in [2.75, 3.05) is 32.7 Å². The molecule has 84 valence electrons. The van der Waals surface area contributed by atoms with E-state index in [-0.39, 0.29) is 0 Å². The van der Waals surface area contributed by atoms with Crippen molar-refractivity contribution in [2.24, 2.45) is 11.3 Å². The molecule has 0 aromatic carbocycles. The maximum Gasteiger partial charge on any atom is 0.0107 e. The Bertz CT molecular complexity index is 154. The van der Waals surface area contributed by atoms with Crippen LogP contribution in [0.15, 0.2) is 0 Å². The van der Waals surface area contributed by atoms with Crippen LogP contribution in [-0.4, -0.2) is 37.6 Å². The second-order valence-electron chi connectivity index (χ2n) is 5.65. The molecule has 0 aromatic rings. The Morgan fingerprint density at radius 1 is 1.21 bits per heavy atom. The monoisotopic (exact) mass is 198 g/mol. The van der Waals surface area contributed by atoms with Gasteiger partial charge in [0.2, 0.25) is 0 Å². The van der Waals surface area contributed by atoms with Crippen LogP contribution >= 0.6 is 0 Å². The maximum atomic E-state index is 3.39. The molecule has 0 aliphatic carbocycles. The van der Waals surface area contributed by atoms with Gasteiger partial charge in [0.05, 0.1) is 0 Å². The summed E-state index contributed by atoms with van der Waals surface area (Å²) < 4.78 is 0. The zero-order valence-corrected chi connectivity index (χ0v) is 10.3. The minimum atomic E-state index is 0.466. The molecule has 2 heteroatoms. The van der Waals surface area contributed by atoms with E-state index in [0.29, 0.717) is 5.41 Å². The standard InChI is InChI=1S/C12H26N2/c1-11(12(2,3)4)5-8-14-9-6-13-7-10-14/h11,13H,5-10H2,1-4H3. The van der Waals surface area contributed by atoms with Gasteiger partial charge in [0.25, 0.3) is 0 Å². The molecule has 1 aliphatic heterocycles. The fraction of sp³-hybridized carbons (Fsp3) is 1.00. The lowest BCUT2D eigenvalue weighted by Crippen LogP contribution is -2.44. The van der Waals surface area contributed by atoms with Gasteiger partial charge in [-0.2, -0.15) is 0 Å². The third-order valence-corrected chi connectivity index (χ3v) is 3.57. The zero-order chi connectivity index (χ0) is 10.6. The minimum Gasteiger partial charge on any atom is -0.314 e. The molecule has 1 aliphatic rings. The lowest BCUT2D eigenvalue weighted by Gasteiger charge is -2.32. The van der Waals surface area contributed by atoms with E-state index < -0.39 is 0 Å². The zero-order valence-electron chi connectivity index (χ0n) is 10.3. The first kappa shape index (κ1) is 12.0. The fourth-order valence-corrected chi connectivity index (χ4v) is 1.74. The molecule has 0 aromatic heterocycles. The molecule has 2 nitrogen and oxygen atoms in total. The highest BCUT2D eigenvalue weighted by Gasteiger charge is 2.20. The van der Waals surface area contributed by atoms with Crippen LogP contribution in [0.25, 0.3) is 0 Å². The van der Waals surface area contributed by atoms with Gasteiger partial charge in [-0.3, -0.25) is 0 Å². The number of piperazine rings is 1. The molecule has 1 atom stereocenters. The predicted octanol–water partition coefficient (Wildman–Crippen LogP) is 1.96. The van der Waals surface area contributed by atoms with Crippen LogP contribution in [0, 0.1) is 11.3 Å². The first-order valence-electron chi connectivity index (χ1n) is 5.93. The summed E-state index contributed by atoms with van der Waals surface area (Å²) in [6.45, 7) is 15.5. The van der Waals surface area contributed by atoms with Crippen molar-refractivity contribution in [1.82, 2.24) is 10.2 Å². The van der Waals surface area contributed by atoms with Gasteiger partial charge in [-0.25, -0.2) is 0 Å². The second kappa shape index (κ2) is 5.13. The van der Waals surface area contributed by atoms with Crippen LogP contribution < -0.4 is 5.32 Å². The van der Waals surface area contributed by atoms with Gasteiger partial charge < -0.3 is 10.2 Å². The molecule has 1 rings (SSSR count). The summed E-state index contributed by atoms with van der Waals surface area (Å²) in [4.78, 5) is 2.58. The summed E-state index contributed by atoms with van der Waals surface area (Å²) in [6, 6.07) is 0. The minimum absolute atomic E-state index is 0.466. The number of nitrogens with zero attached hydrogens (tertiary/aromatic N) is 1. The molecule has 1 N–H and O–H groups in total. The quantitative estimate of drug-likeness (QED) is 0.746. The topological polar surface area (TPSA) is 15.3 Å². The smallest absolute Gasteiger partial charge is 0.0107 e. The molecule has 0 amide bonds. The number of nitrogens with one attached hydrogen (secondary N) is 1. The van der Waals surface area contributed by atoms with E-state index in [9.17, 15) is 0 Å². The Labute approximate surface area is 89.1 Å². The number of hydrogen-bond donors (Lipinski definition) is 1. The van der Waals surface area contributed by atoms with Crippen molar-refractivity contribution in [2.45, 2.75) is 34.1 Å². The van der Waals surface area contributed by atoms with E-state index in [1.807, 2.05) is 0 Å². The highest BCUT2D eigenvalue weighted by atomic mass is 15.2. The third-order valence-electron chi connectivity index (χ3n) is 3.57. The van der Waals surface area contributed by atoms with Gasteiger partial charge in [0, 0.05) is 26.2 Å². The van der Waals surface area contributed by atoms with Crippen LogP contribution in [0.5, 0.6) is 0 Å². The molecule has 0 radical (unpaired) electrons. The second-order valence-corrected chi connectivity index (χ2v) is 5.65. The largest absolute Gasteiger partial charge is 0.314 e. The van der Waals surface area contributed by atoms with E-state index in [0.717, 1.165) is 5.92 Å². The van der Waals surface area contributed by atoms with E-state index in [1.54, 1.807) is 0 Å². The third kappa shape index (κ3) is 3.97. The normalized spacial score (nSPS) is 22.3. The van der Waals surface area contributed by atoms with E-state index in [2.05, 4.69) is 37.9 Å². The Morgan fingerprint density at radius 2 is 1.79 bits per heavy atom. The molecule has 0 bridgehead atoms. The average molecular weight is 198 g/mol. The Hall–Kier alpha value is -0.0800. The SMILES string of the molecule is CC(CCN1CCNCC1)C(C)(C)C. The molecule has 14 heavy (non-hydrogen) atoms. The van der Waals surface area contributed by atoms with E-state index in [4.69, 9.17) is 0 Å². The first-order valence-corrected chi connectivity index (χ1v) is 5.93. The van der Waals surface area contributed by atoms with E-state index in [1.165, 1.54) is 39.1 Å². The van der Waals surface area contributed by atoms with Crippen molar-refractivity contribution in [3.63, 3.8) is 0 Å². The van der Waals surface area contributed by atoms with Gasteiger partial charge in [0.15, 0.2) is 0 Å². The van der Waals surface area contributed by atoms with Crippen molar-refractivity contribution in [3.8, 4) is 0 Å². The Balaban J connectivity index is 2.19. The summed E-state index contributed by atoms with van der Waals surface area (Å²) in [5, 5.41) is 3.39. The first-order chi connectivity index (χ1) is 6.50. The van der Waals surface area contributed by atoms with Crippen molar-refractivity contribution in [1.29, 1.82) is 0 Å². The van der Waals surface area contributed by atoms with E-state index >= 15 is 0 Å².